The quantitative estimate of drug-likeness (QED) is 0.293. The predicted molar refractivity (Wildman–Crippen MR) is 111 cm³/mol. The van der Waals surface area contributed by atoms with Crippen molar-refractivity contribution < 1.29 is 39.8 Å². The highest BCUT2D eigenvalue weighted by molar-refractivity contribution is 5.31. The molecule has 0 saturated carbocycles. The Bertz CT molecular complexity index is 524. The van der Waals surface area contributed by atoms with Crippen molar-refractivity contribution in [1.29, 1.82) is 0 Å². The summed E-state index contributed by atoms with van der Waals surface area (Å²) in [6.07, 6.45) is 4.09. The fourth-order valence-corrected chi connectivity index (χ4v) is 3.76. The number of aliphatic hydroxyl groups excluding tert-OH is 2. The molecule has 4 atom stereocenters. The summed E-state index contributed by atoms with van der Waals surface area (Å²) in [6, 6.07) is 7.25. The molecule has 2 aliphatic rings. The third-order valence-electron chi connectivity index (χ3n) is 5.49. The maximum absolute atomic E-state index is 10.1. The molecule has 2 saturated heterocycles. The monoisotopic (exact) mass is 426 g/mol. The molecule has 8 heteroatoms. The van der Waals surface area contributed by atoms with E-state index in [4.69, 9.17) is 18.9 Å². The van der Waals surface area contributed by atoms with Crippen molar-refractivity contribution in [2.24, 2.45) is 0 Å². The van der Waals surface area contributed by atoms with Gasteiger partial charge in [0.15, 0.2) is 0 Å². The van der Waals surface area contributed by atoms with Crippen LogP contribution in [0.3, 0.4) is 0 Å². The lowest BCUT2D eigenvalue weighted by molar-refractivity contribution is -0.666. The predicted octanol–water partition coefficient (Wildman–Crippen LogP) is -1.35. The van der Waals surface area contributed by atoms with Crippen molar-refractivity contribution in [3.8, 4) is 11.5 Å². The molecule has 0 aliphatic carbocycles. The molecule has 8 nitrogen and oxygen atoms in total. The number of aliphatic hydroxyl groups is 2. The number of benzene rings is 1. The van der Waals surface area contributed by atoms with Crippen LogP contribution in [0.1, 0.15) is 25.7 Å². The lowest BCUT2D eigenvalue weighted by atomic mass is 10.2. The Kier molecular flexibility index (Phi) is 10.1. The Hall–Kier alpha value is -1.42. The van der Waals surface area contributed by atoms with Gasteiger partial charge in [-0.05, 0) is 49.9 Å². The summed E-state index contributed by atoms with van der Waals surface area (Å²) in [7, 11) is 0. The first-order valence-corrected chi connectivity index (χ1v) is 11.3. The van der Waals surface area contributed by atoms with E-state index in [2.05, 4.69) is 10.6 Å². The molecule has 0 unspecified atom stereocenters. The van der Waals surface area contributed by atoms with Gasteiger partial charge in [-0.15, -0.1) is 0 Å². The summed E-state index contributed by atoms with van der Waals surface area (Å²) < 4.78 is 22.4. The second kappa shape index (κ2) is 13.1. The number of quaternary nitrogens is 2. The van der Waals surface area contributed by atoms with Gasteiger partial charge in [0.25, 0.3) is 0 Å². The highest BCUT2D eigenvalue weighted by atomic mass is 16.5. The zero-order chi connectivity index (χ0) is 21.0. The average molecular weight is 427 g/mol. The van der Waals surface area contributed by atoms with Gasteiger partial charge in [0, 0.05) is 13.2 Å². The molecular weight excluding hydrogens is 388 g/mol. The highest BCUT2D eigenvalue weighted by Gasteiger charge is 2.19. The molecule has 0 aromatic heterocycles. The highest BCUT2D eigenvalue weighted by Crippen LogP contribution is 2.18. The van der Waals surface area contributed by atoms with Crippen LogP contribution in [0.4, 0.5) is 0 Å². The van der Waals surface area contributed by atoms with Crippen molar-refractivity contribution in [3.63, 3.8) is 0 Å². The topological polar surface area (TPSA) is 111 Å². The van der Waals surface area contributed by atoms with E-state index < -0.39 is 12.2 Å². The summed E-state index contributed by atoms with van der Waals surface area (Å²) in [4.78, 5) is 0. The first kappa shape index (κ1) is 23.2. The van der Waals surface area contributed by atoms with Gasteiger partial charge in [-0.2, -0.15) is 0 Å². The Morgan fingerprint density at radius 3 is 1.60 bits per heavy atom. The minimum Gasteiger partial charge on any atom is -0.491 e. The van der Waals surface area contributed by atoms with E-state index in [-0.39, 0.29) is 13.2 Å². The molecule has 0 amide bonds. The van der Waals surface area contributed by atoms with E-state index in [1.807, 2.05) is 24.3 Å². The molecule has 2 fully saturated rings. The minimum absolute atomic E-state index is 0.251. The molecule has 3 rings (SSSR count). The summed E-state index contributed by atoms with van der Waals surface area (Å²) >= 11 is 0. The van der Waals surface area contributed by atoms with E-state index in [9.17, 15) is 10.2 Å². The molecule has 0 radical (unpaired) electrons. The number of nitrogens with two attached hydrogens (primary N) is 2. The Morgan fingerprint density at radius 1 is 0.800 bits per heavy atom. The van der Waals surface area contributed by atoms with Crippen LogP contribution in [0.5, 0.6) is 11.5 Å². The zero-order valence-corrected chi connectivity index (χ0v) is 17.8. The standard InChI is InChI=1S/C22H36N2O6/c25-17(11-23-13-21-3-1-9-27-21)15-29-19-5-7-20(8-6-19)30-16-18(26)12-24-14-22-4-2-10-28-22/h5-8,17-18,21-26H,1-4,9-16H2/p+2/t17-,18-,21-,22+/m1/s1. The average Bonchev–Trinajstić information content (AvgIpc) is 3.46. The van der Waals surface area contributed by atoms with Crippen LogP contribution in [-0.4, -0.2) is 87.2 Å². The number of hydrogen-bond donors (Lipinski definition) is 4. The Balaban J connectivity index is 1.23. The van der Waals surface area contributed by atoms with Gasteiger partial charge in [-0.25, -0.2) is 0 Å². The maximum Gasteiger partial charge on any atom is 0.137 e. The first-order valence-electron chi connectivity index (χ1n) is 11.3. The van der Waals surface area contributed by atoms with E-state index in [1.165, 1.54) is 0 Å². The van der Waals surface area contributed by atoms with Crippen molar-refractivity contribution in [1.82, 2.24) is 0 Å². The van der Waals surface area contributed by atoms with Crippen molar-refractivity contribution in [3.05, 3.63) is 24.3 Å². The van der Waals surface area contributed by atoms with Crippen LogP contribution in [-0.2, 0) is 9.47 Å². The molecule has 2 aliphatic heterocycles. The van der Waals surface area contributed by atoms with Crippen LogP contribution >= 0.6 is 0 Å². The molecule has 2 heterocycles. The van der Waals surface area contributed by atoms with Gasteiger partial charge < -0.3 is 39.8 Å². The normalized spacial score (nSPS) is 23.4. The van der Waals surface area contributed by atoms with E-state index in [0.717, 1.165) is 52.0 Å². The molecule has 170 valence electrons. The molecular formula is C22H38N2O6+2. The number of rotatable bonds is 14. The largest absolute Gasteiger partial charge is 0.491 e. The van der Waals surface area contributed by atoms with Gasteiger partial charge in [0.05, 0.1) is 0 Å². The molecule has 0 bridgehead atoms. The fourth-order valence-electron chi connectivity index (χ4n) is 3.76. The van der Waals surface area contributed by atoms with Gasteiger partial charge in [-0.3, -0.25) is 0 Å². The van der Waals surface area contributed by atoms with Crippen LogP contribution in [0.25, 0.3) is 0 Å². The van der Waals surface area contributed by atoms with Crippen molar-refractivity contribution in [2.45, 2.75) is 50.1 Å². The number of ether oxygens (including phenoxy) is 4. The summed E-state index contributed by atoms with van der Waals surface area (Å²) in [5.41, 5.74) is 0. The smallest absolute Gasteiger partial charge is 0.137 e. The van der Waals surface area contributed by atoms with E-state index in [1.54, 1.807) is 0 Å². The Labute approximate surface area is 178 Å². The summed E-state index contributed by atoms with van der Waals surface area (Å²) in [5.74, 6) is 1.37. The lowest BCUT2D eigenvalue weighted by Crippen LogP contribution is -2.88. The van der Waals surface area contributed by atoms with Crippen LogP contribution in [0.15, 0.2) is 24.3 Å². The Morgan fingerprint density at radius 2 is 1.23 bits per heavy atom. The van der Waals surface area contributed by atoms with Gasteiger partial charge in [0.2, 0.25) is 0 Å². The maximum atomic E-state index is 10.1. The SMILES string of the molecule is O[C@H](C[NH2+]C[C@H]1CCCO1)COc1ccc(OC[C@H](O)C[NH2+]C[C@@H]2CCCO2)cc1. The third-order valence-corrected chi connectivity index (χ3v) is 5.49. The van der Waals surface area contributed by atoms with Crippen molar-refractivity contribution >= 4 is 0 Å². The van der Waals surface area contributed by atoms with Crippen LogP contribution in [0.2, 0.25) is 0 Å². The summed E-state index contributed by atoms with van der Waals surface area (Å²) in [5, 5.41) is 24.3. The summed E-state index contributed by atoms with van der Waals surface area (Å²) in [6.45, 7) is 5.20. The second-order valence-electron chi connectivity index (χ2n) is 8.19. The minimum atomic E-state index is -0.525. The fraction of sp³-hybridized carbons (Fsp3) is 0.727. The third kappa shape index (κ3) is 8.75. The molecule has 1 aromatic carbocycles. The van der Waals surface area contributed by atoms with E-state index >= 15 is 0 Å². The lowest BCUT2D eigenvalue weighted by Gasteiger charge is -2.14. The van der Waals surface area contributed by atoms with Gasteiger partial charge in [0.1, 0.15) is 75.3 Å². The first-order chi connectivity index (χ1) is 14.7. The van der Waals surface area contributed by atoms with Gasteiger partial charge >= 0.3 is 0 Å². The van der Waals surface area contributed by atoms with Gasteiger partial charge in [-0.1, -0.05) is 0 Å². The molecule has 30 heavy (non-hydrogen) atoms. The number of hydrogen-bond acceptors (Lipinski definition) is 6. The molecule has 6 N–H and O–H groups in total. The van der Waals surface area contributed by atoms with Crippen molar-refractivity contribution in [2.75, 3.05) is 52.6 Å². The van der Waals surface area contributed by atoms with E-state index in [0.29, 0.717) is 36.8 Å². The molecule has 1 aromatic rings. The molecule has 0 spiro atoms. The van der Waals surface area contributed by atoms with Crippen LogP contribution in [0, 0.1) is 0 Å². The second-order valence-corrected chi connectivity index (χ2v) is 8.19. The zero-order valence-electron chi connectivity index (χ0n) is 17.8. The van der Waals surface area contributed by atoms with Crippen LogP contribution < -0.4 is 20.1 Å².